The van der Waals surface area contributed by atoms with Crippen LogP contribution in [0.5, 0.6) is 0 Å². The van der Waals surface area contributed by atoms with Crippen molar-refractivity contribution >= 4 is 13.1 Å². The van der Waals surface area contributed by atoms with Crippen molar-refractivity contribution in [3.63, 3.8) is 0 Å². The molecule has 0 bridgehead atoms. The third kappa shape index (κ3) is 3.27. The highest BCUT2D eigenvalue weighted by Crippen LogP contribution is 2.47. The topological polar surface area (TPSA) is 104 Å². The summed E-state index contributed by atoms with van der Waals surface area (Å²) in [7, 11) is -1.39. The van der Waals surface area contributed by atoms with Gasteiger partial charge >= 0.3 is 13.1 Å². The molecule has 126 valence electrons. The molecule has 0 aromatic heterocycles. The minimum absolute atomic E-state index is 0.196. The first-order chi connectivity index (χ1) is 10.7. The number of benzene rings is 1. The van der Waals surface area contributed by atoms with E-state index in [1.54, 1.807) is 19.9 Å². The average Bonchev–Trinajstić information content (AvgIpc) is 2.71. The van der Waals surface area contributed by atoms with E-state index in [0.717, 1.165) is 0 Å². The normalized spacial score (nSPS) is 24.3. The van der Waals surface area contributed by atoms with E-state index < -0.39 is 30.4 Å². The van der Waals surface area contributed by atoms with Crippen LogP contribution in [-0.4, -0.2) is 28.2 Å². The van der Waals surface area contributed by atoms with Gasteiger partial charge in [-0.25, -0.2) is 4.39 Å². The monoisotopic (exact) mass is 323 g/mol. The highest BCUT2D eigenvalue weighted by atomic mass is 19.1. The molecule has 0 unspecified atom stereocenters. The first kappa shape index (κ1) is 17.9. The van der Waals surface area contributed by atoms with Gasteiger partial charge in [0.15, 0.2) is 0 Å². The third-order valence-electron chi connectivity index (χ3n) is 5.01. The minimum atomic E-state index is -1.39. The Bertz CT molecular complexity index is 608. The number of fused-ring (bicyclic) bond motifs is 1. The van der Waals surface area contributed by atoms with Crippen molar-refractivity contribution in [2.45, 2.75) is 50.9 Å². The zero-order valence-corrected chi connectivity index (χ0v) is 13.4. The summed E-state index contributed by atoms with van der Waals surface area (Å²) >= 11 is 0. The molecular weight excluding hydrogens is 300 g/mol. The number of aliphatic carboxylic acids is 1. The Morgan fingerprint density at radius 1 is 1.52 bits per heavy atom. The SMILES string of the molecule is C[C@H](N)c1cc2c(cc1F)C[C@H](CCCB(O)O)[C@]2(C)C(=O)O. The van der Waals surface area contributed by atoms with Crippen LogP contribution in [0.1, 0.15) is 49.4 Å². The number of rotatable bonds is 6. The van der Waals surface area contributed by atoms with Crippen LogP contribution in [0.4, 0.5) is 4.39 Å². The first-order valence-electron chi connectivity index (χ1n) is 7.85. The Morgan fingerprint density at radius 3 is 2.70 bits per heavy atom. The van der Waals surface area contributed by atoms with Crippen molar-refractivity contribution in [1.82, 2.24) is 0 Å². The van der Waals surface area contributed by atoms with Gasteiger partial charge in [0, 0.05) is 11.6 Å². The molecule has 5 nitrogen and oxygen atoms in total. The molecule has 3 atom stereocenters. The van der Waals surface area contributed by atoms with Gasteiger partial charge in [0.1, 0.15) is 5.82 Å². The van der Waals surface area contributed by atoms with Crippen LogP contribution in [0, 0.1) is 11.7 Å². The van der Waals surface area contributed by atoms with Gasteiger partial charge in [-0.2, -0.15) is 0 Å². The van der Waals surface area contributed by atoms with Crippen LogP contribution in [0.15, 0.2) is 12.1 Å². The highest BCUT2D eigenvalue weighted by Gasteiger charge is 2.49. The van der Waals surface area contributed by atoms with E-state index in [0.29, 0.717) is 36.0 Å². The van der Waals surface area contributed by atoms with Crippen LogP contribution in [0.2, 0.25) is 6.32 Å². The fourth-order valence-electron chi connectivity index (χ4n) is 3.55. The second-order valence-electron chi connectivity index (χ2n) is 6.64. The van der Waals surface area contributed by atoms with Crippen molar-refractivity contribution in [3.05, 3.63) is 34.6 Å². The molecule has 0 amide bonds. The summed E-state index contributed by atoms with van der Waals surface area (Å²) in [5.41, 5.74) is 6.30. The smallest absolute Gasteiger partial charge is 0.451 e. The van der Waals surface area contributed by atoms with Crippen molar-refractivity contribution < 1.29 is 24.3 Å². The lowest BCUT2D eigenvalue weighted by Gasteiger charge is -2.28. The quantitative estimate of drug-likeness (QED) is 0.596. The Balaban J connectivity index is 2.37. The molecule has 0 saturated carbocycles. The number of carbonyl (C=O) groups is 1. The van der Waals surface area contributed by atoms with Crippen LogP contribution < -0.4 is 5.73 Å². The molecule has 0 heterocycles. The Kier molecular flexibility index (Phi) is 5.13. The van der Waals surface area contributed by atoms with E-state index in [9.17, 15) is 14.3 Å². The molecule has 1 aromatic rings. The zero-order valence-electron chi connectivity index (χ0n) is 13.4. The summed E-state index contributed by atoms with van der Waals surface area (Å²) in [5.74, 6) is -1.57. The standard InChI is InChI=1S/C16H23BFNO4/c1-9(19)12-8-13-10(7-14(12)18)6-11(4-3-5-17(22)23)16(13,2)15(20)21/h7-9,11,22-23H,3-6,19H2,1-2H3,(H,20,21)/t9-,11-,16-/m0/s1. The Morgan fingerprint density at radius 2 is 2.17 bits per heavy atom. The minimum Gasteiger partial charge on any atom is -0.481 e. The summed E-state index contributed by atoms with van der Waals surface area (Å²) in [5, 5.41) is 27.7. The second kappa shape index (κ2) is 6.59. The summed E-state index contributed by atoms with van der Waals surface area (Å²) in [6.45, 7) is 3.32. The summed E-state index contributed by atoms with van der Waals surface area (Å²) in [6.07, 6.45) is 1.70. The lowest BCUT2D eigenvalue weighted by molar-refractivity contribution is -0.145. The molecule has 1 aliphatic rings. The van der Waals surface area contributed by atoms with E-state index in [-0.39, 0.29) is 12.2 Å². The van der Waals surface area contributed by atoms with Crippen molar-refractivity contribution in [1.29, 1.82) is 0 Å². The molecule has 0 aliphatic heterocycles. The average molecular weight is 323 g/mol. The number of nitrogens with two attached hydrogens (primary N) is 1. The number of hydrogen-bond acceptors (Lipinski definition) is 4. The van der Waals surface area contributed by atoms with E-state index in [1.165, 1.54) is 6.07 Å². The fraction of sp³-hybridized carbons (Fsp3) is 0.562. The number of carboxylic acids is 1. The van der Waals surface area contributed by atoms with Gasteiger partial charge in [0.05, 0.1) is 5.41 Å². The number of hydrogen-bond donors (Lipinski definition) is 4. The lowest BCUT2D eigenvalue weighted by atomic mass is 9.72. The van der Waals surface area contributed by atoms with Gasteiger partial charge in [0.2, 0.25) is 0 Å². The second-order valence-corrected chi connectivity index (χ2v) is 6.64. The maximum Gasteiger partial charge on any atom is 0.451 e. The van der Waals surface area contributed by atoms with Crippen LogP contribution >= 0.6 is 0 Å². The van der Waals surface area contributed by atoms with Gasteiger partial charge in [-0.1, -0.05) is 6.42 Å². The molecule has 1 aromatic carbocycles. The van der Waals surface area contributed by atoms with Crippen molar-refractivity contribution in [3.8, 4) is 0 Å². The van der Waals surface area contributed by atoms with Crippen molar-refractivity contribution in [2.24, 2.45) is 11.7 Å². The van der Waals surface area contributed by atoms with Gasteiger partial charge in [-0.15, -0.1) is 0 Å². The van der Waals surface area contributed by atoms with Gasteiger partial charge in [0.25, 0.3) is 0 Å². The van der Waals surface area contributed by atoms with Gasteiger partial charge < -0.3 is 20.9 Å². The largest absolute Gasteiger partial charge is 0.481 e. The fourth-order valence-corrected chi connectivity index (χ4v) is 3.55. The predicted molar refractivity (Wildman–Crippen MR) is 85.4 cm³/mol. The molecule has 7 heteroatoms. The van der Waals surface area contributed by atoms with Crippen LogP contribution in [0.3, 0.4) is 0 Å². The molecule has 23 heavy (non-hydrogen) atoms. The maximum absolute atomic E-state index is 14.1. The lowest BCUT2D eigenvalue weighted by Crippen LogP contribution is -2.37. The maximum atomic E-state index is 14.1. The van der Waals surface area contributed by atoms with Crippen molar-refractivity contribution in [2.75, 3.05) is 0 Å². The van der Waals surface area contributed by atoms with E-state index in [4.69, 9.17) is 15.8 Å². The molecule has 2 rings (SSSR count). The molecule has 0 spiro atoms. The highest BCUT2D eigenvalue weighted by molar-refractivity contribution is 6.40. The third-order valence-corrected chi connectivity index (χ3v) is 5.01. The molecule has 5 N–H and O–H groups in total. The number of halogens is 1. The Hall–Kier alpha value is -1.44. The zero-order chi connectivity index (χ0) is 17.4. The van der Waals surface area contributed by atoms with E-state index >= 15 is 0 Å². The van der Waals surface area contributed by atoms with Gasteiger partial charge in [-0.05, 0) is 62.2 Å². The molecule has 0 saturated heterocycles. The van der Waals surface area contributed by atoms with Crippen LogP contribution in [-0.2, 0) is 16.6 Å². The first-order valence-corrected chi connectivity index (χ1v) is 7.85. The molecule has 0 fully saturated rings. The number of carboxylic acid groups (broad SMARTS) is 1. The summed E-state index contributed by atoms with van der Waals surface area (Å²) in [6, 6.07) is 2.47. The predicted octanol–water partition coefficient (Wildman–Crippen LogP) is 1.61. The molecular formula is C16H23BFNO4. The van der Waals surface area contributed by atoms with Crippen LogP contribution in [0.25, 0.3) is 0 Å². The summed E-state index contributed by atoms with van der Waals surface area (Å²) in [4.78, 5) is 11.9. The van der Waals surface area contributed by atoms with Gasteiger partial charge in [-0.3, -0.25) is 4.79 Å². The molecule has 1 aliphatic carbocycles. The van der Waals surface area contributed by atoms with E-state index in [2.05, 4.69) is 0 Å². The molecule has 0 radical (unpaired) electrons. The Labute approximate surface area is 135 Å². The summed E-state index contributed by atoms with van der Waals surface area (Å²) < 4.78 is 14.1. The van der Waals surface area contributed by atoms with E-state index in [1.807, 2.05) is 0 Å².